The van der Waals surface area contributed by atoms with E-state index in [4.69, 9.17) is 0 Å². The molecular weight excluding hydrogens is 540 g/mol. The molecule has 2 aromatic carbocycles. The lowest BCUT2D eigenvalue weighted by Crippen LogP contribution is -2.31. The lowest BCUT2D eigenvalue weighted by Gasteiger charge is -2.24. The lowest BCUT2D eigenvalue weighted by molar-refractivity contribution is -0.124. The third-order valence-electron chi connectivity index (χ3n) is 5.98. The third kappa shape index (κ3) is 15.9. The Hall–Kier alpha value is -3.68. The Bertz CT molecular complexity index is 1160. The van der Waals surface area contributed by atoms with Gasteiger partial charge < -0.3 is 21.3 Å². The normalized spacial score (nSPS) is 10.4. The highest BCUT2D eigenvalue weighted by molar-refractivity contribution is 5.98. The maximum Gasteiger partial charge on any atom is 0.230 e. The minimum Gasteiger partial charge on any atom is -0.326 e. The van der Waals surface area contributed by atoms with Crippen LogP contribution in [0.15, 0.2) is 42.5 Å². The molecule has 4 amide bonds. The van der Waals surface area contributed by atoms with Crippen molar-refractivity contribution in [2.45, 2.75) is 110 Å². The highest BCUT2D eigenvalue weighted by Crippen LogP contribution is 2.28. The first-order chi connectivity index (χ1) is 20.0. The van der Waals surface area contributed by atoms with Crippen LogP contribution in [0.5, 0.6) is 0 Å². The molecule has 0 atom stereocenters. The molecule has 2 aromatic rings. The van der Waals surface area contributed by atoms with Gasteiger partial charge in [0.25, 0.3) is 0 Å². The second-order valence-corrected chi connectivity index (χ2v) is 11.7. The summed E-state index contributed by atoms with van der Waals surface area (Å²) in [6.45, 7) is 26.6. The molecule has 0 unspecified atom stereocenters. The maximum absolute atomic E-state index is 12.4. The van der Waals surface area contributed by atoms with E-state index in [0.29, 0.717) is 11.4 Å². The largest absolute Gasteiger partial charge is 0.326 e. The van der Waals surface area contributed by atoms with Crippen molar-refractivity contribution in [3.8, 4) is 0 Å². The summed E-state index contributed by atoms with van der Waals surface area (Å²) in [5, 5.41) is 11.4. The molecule has 0 aliphatic heterocycles. The highest BCUT2D eigenvalue weighted by Gasteiger charge is 2.27. The molecule has 0 saturated heterocycles. The summed E-state index contributed by atoms with van der Waals surface area (Å²) in [5.74, 6) is -0.300. The van der Waals surface area contributed by atoms with E-state index in [-0.39, 0.29) is 29.5 Å². The highest BCUT2D eigenvalue weighted by atomic mass is 16.2. The summed E-state index contributed by atoms with van der Waals surface area (Å²) < 4.78 is 0. The molecule has 43 heavy (non-hydrogen) atoms. The number of rotatable bonds is 8. The second-order valence-electron chi connectivity index (χ2n) is 11.7. The summed E-state index contributed by atoms with van der Waals surface area (Å²) in [5.41, 5.74) is 2.86. The van der Waals surface area contributed by atoms with Gasteiger partial charge in [0.2, 0.25) is 23.6 Å². The lowest BCUT2D eigenvalue weighted by atomic mass is 9.87. The summed E-state index contributed by atoms with van der Waals surface area (Å²) in [6, 6.07) is 12.6. The van der Waals surface area contributed by atoms with Crippen LogP contribution in [0.25, 0.3) is 0 Å². The molecular formula is C35H58N4O4. The van der Waals surface area contributed by atoms with Crippen molar-refractivity contribution in [1.82, 2.24) is 0 Å². The predicted octanol–water partition coefficient (Wildman–Crippen LogP) is 9.04. The fraction of sp³-hybridized carbons (Fsp3) is 0.543. The van der Waals surface area contributed by atoms with Crippen LogP contribution in [0, 0.1) is 23.7 Å². The zero-order valence-corrected chi connectivity index (χ0v) is 29.2. The summed E-state index contributed by atoms with van der Waals surface area (Å²) in [4.78, 5) is 46.9. The first kappa shape index (κ1) is 41.5. The van der Waals surface area contributed by atoms with Gasteiger partial charge in [0.1, 0.15) is 0 Å². The summed E-state index contributed by atoms with van der Waals surface area (Å²) in [6.07, 6.45) is 1.80. The van der Waals surface area contributed by atoms with Gasteiger partial charge in [-0.05, 0) is 49.2 Å². The number of carbonyl (C=O) groups is 4. The molecule has 0 heterocycles. The number of benzene rings is 2. The number of hydrogen-bond acceptors (Lipinski definition) is 4. The van der Waals surface area contributed by atoms with Gasteiger partial charge in [0.05, 0.1) is 0 Å². The van der Waals surface area contributed by atoms with Crippen LogP contribution in [0.3, 0.4) is 0 Å². The Morgan fingerprint density at radius 1 is 0.721 bits per heavy atom. The smallest absolute Gasteiger partial charge is 0.230 e. The quantitative estimate of drug-likeness (QED) is 0.242. The second kappa shape index (κ2) is 20.3. The van der Waals surface area contributed by atoms with Crippen LogP contribution < -0.4 is 21.3 Å². The third-order valence-corrected chi connectivity index (χ3v) is 5.98. The minimum absolute atomic E-state index is 0.00443. The van der Waals surface area contributed by atoms with Gasteiger partial charge in [0, 0.05) is 46.4 Å². The molecule has 4 N–H and O–H groups in total. The van der Waals surface area contributed by atoms with E-state index < -0.39 is 10.8 Å². The average molecular weight is 599 g/mol. The van der Waals surface area contributed by atoms with Crippen molar-refractivity contribution < 1.29 is 19.2 Å². The van der Waals surface area contributed by atoms with Gasteiger partial charge in [-0.15, -0.1) is 0 Å². The van der Waals surface area contributed by atoms with Crippen LogP contribution in [0.2, 0.25) is 0 Å². The summed E-state index contributed by atoms with van der Waals surface area (Å²) in [7, 11) is 0. The number of amides is 4. The van der Waals surface area contributed by atoms with Crippen LogP contribution in [0.4, 0.5) is 22.7 Å². The van der Waals surface area contributed by atoms with Crippen molar-refractivity contribution in [3.63, 3.8) is 0 Å². The van der Waals surface area contributed by atoms with Crippen LogP contribution in [-0.2, 0) is 19.2 Å². The van der Waals surface area contributed by atoms with Gasteiger partial charge in [-0.3, -0.25) is 19.2 Å². The van der Waals surface area contributed by atoms with Crippen LogP contribution >= 0.6 is 0 Å². The zero-order valence-electron chi connectivity index (χ0n) is 29.2. The molecule has 0 fully saturated rings. The fourth-order valence-electron chi connectivity index (χ4n) is 3.41. The van der Waals surface area contributed by atoms with Gasteiger partial charge in [-0.25, -0.2) is 0 Å². The first-order valence-electron chi connectivity index (χ1n) is 15.4. The van der Waals surface area contributed by atoms with Gasteiger partial charge in [-0.1, -0.05) is 102 Å². The van der Waals surface area contributed by atoms with Gasteiger partial charge >= 0.3 is 0 Å². The van der Waals surface area contributed by atoms with E-state index in [9.17, 15) is 19.2 Å². The maximum atomic E-state index is 12.4. The van der Waals surface area contributed by atoms with Crippen molar-refractivity contribution in [2.24, 2.45) is 16.7 Å². The molecule has 0 saturated carbocycles. The van der Waals surface area contributed by atoms with Crippen LogP contribution in [0.1, 0.15) is 108 Å². The van der Waals surface area contributed by atoms with Crippen molar-refractivity contribution in [1.29, 1.82) is 0 Å². The molecule has 8 heteroatoms. The molecule has 8 nitrogen and oxygen atoms in total. The van der Waals surface area contributed by atoms with E-state index in [1.165, 1.54) is 6.92 Å². The van der Waals surface area contributed by atoms with E-state index in [2.05, 4.69) is 28.2 Å². The average Bonchev–Trinajstić information content (AvgIpc) is 2.92. The Kier molecular flexibility index (Phi) is 19.5. The molecule has 0 aliphatic rings. The molecule has 242 valence electrons. The number of anilines is 4. The molecule has 0 aromatic heterocycles. The van der Waals surface area contributed by atoms with E-state index in [1.54, 1.807) is 24.3 Å². The number of carbonyl (C=O) groups excluding carboxylic acids is 4. The van der Waals surface area contributed by atoms with E-state index >= 15 is 0 Å². The van der Waals surface area contributed by atoms with Gasteiger partial charge in [0.15, 0.2) is 0 Å². The standard InChI is InChI=1S/C18H28N2O2.C13H18N2O2.2C2H6/c1-7-11-18(5,6)17(22)20-15-10-8-9-14(13(15)4)19-16(21)12(2)3;1-9(16)14-10-6-5-7-11(8-10)15-12(17)13(2,3)4;2*1-2/h8-10,12H,7,11H2,1-6H3,(H,19,21)(H,20,22);5-8H,1-4H3,(H,14,16)(H,15,17);2*1-2H3. The van der Waals surface area contributed by atoms with Crippen LogP contribution in [-0.4, -0.2) is 23.6 Å². The summed E-state index contributed by atoms with van der Waals surface area (Å²) >= 11 is 0. The van der Waals surface area contributed by atoms with Crippen molar-refractivity contribution in [2.75, 3.05) is 21.3 Å². The molecule has 2 rings (SSSR count). The fourth-order valence-corrected chi connectivity index (χ4v) is 3.41. The first-order valence-corrected chi connectivity index (χ1v) is 15.4. The molecule has 0 aliphatic carbocycles. The molecule has 0 radical (unpaired) electrons. The topological polar surface area (TPSA) is 116 Å². The molecule has 0 bridgehead atoms. The van der Waals surface area contributed by atoms with E-state index in [0.717, 1.165) is 29.8 Å². The minimum atomic E-state index is -0.440. The Morgan fingerprint density at radius 2 is 1.19 bits per heavy atom. The van der Waals surface area contributed by atoms with Gasteiger partial charge in [-0.2, -0.15) is 0 Å². The SMILES string of the molecule is CC.CC.CC(=O)Nc1cccc(NC(=O)C(C)(C)C)c1.CCCC(C)(C)C(=O)Nc1cccc(NC(=O)C(C)C)c1C. The number of hydrogen-bond donors (Lipinski definition) is 4. The Morgan fingerprint density at radius 3 is 1.63 bits per heavy atom. The molecule has 0 spiro atoms. The van der Waals surface area contributed by atoms with Crippen molar-refractivity contribution >= 4 is 46.4 Å². The predicted molar refractivity (Wildman–Crippen MR) is 183 cm³/mol. The Labute approximate surface area is 261 Å². The number of nitrogens with one attached hydrogen (secondary N) is 4. The Balaban J connectivity index is 0. The monoisotopic (exact) mass is 598 g/mol. The zero-order chi connectivity index (χ0) is 34.0. The van der Waals surface area contributed by atoms with E-state index in [1.807, 2.05) is 101 Å². The van der Waals surface area contributed by atoms with Crippen molar-refractivity contribution in [3.05, 3.63) is 48.0 Å².